The topological polar surface area (TPSA) is 101 Å². The number of hydrogen-bond donors (Lipinski definition) is 2. The van der Waals surface area contributed by atoms with Crippen LogP contribution in [0.5, 0.6) is 0 Å². The summed E-state index contributed by atoms with van der Waals surface area (Å²) in [4.78, 5) is 45.3. The summed E-state index contributed by atoms with van der Waals surface area (Å²) in [5.74, 6) is -2.72. The Hall–Kier alpha value is -3.27. The summed E-state index contributed by atoms with van der Waals surface area (Å²) >= 11 is 6.17. The highest BCUT2D eigenvalue weighted by Gasteiger charge is 2.49. The second kappa shape index (κ2) is 8.69. The first-order valence-electron chi connectivity index (χ1n) is 11.9. The Balaban J connectivity index is 1.53. The Labute approximate surface area is 210 Å². The maximum atomic E-state index is 15.4. The van der Waals surface area contributed by atoms with Crippen LogP contribution in [-0.2, 0) is 15.1 Å². The van der Waals surface area contributed by atoms with Gasteiger partial charge >= 0.3 is 5.97 Å². The van der Waals surface area contributed by atoms with E-state index in [2.05, 4.69) is 10.3 Å². The number of nitrogens with zero attached hydrogens (tertiary/aromatic N) is 1. The van der Waals surface area contributed by atoms with Crippen LogP contribution in [0.15, 0.2) is 30.3 Å². The molecule has 1 amide bonds. The molecule has 3 aromatic rings. The Morgan fingerprint density at radius 3 is 2.56 bits per heavy atom. The van der Waals surface area contributed by atoms with Crippen LogP contribution in [0.3, 0.4) is 0 Å². The highest BCUT2D eigenvalue weighted by atomic mass is 35.5. The number of esters is 1. The Bertz CT molecular complexity index is 1420. The molecule has 6 rings (SSSR count). The van der Waals surface area contributed by atoms with Crippen molar-refractivity contribution >= 4 is 40.2 Å². The number of aromatic nitrogens is 1. The third-order valence-electron chi connectivity index (χ3n) is 7.28. The average Bonchev–Trinajstić information content (AvgIpc) is 3.39. The zero-order valence-electron chi connectivity index (χ0n) is 19.3. The van der Waals surface area contributed by atoms with Gasteiger partial charge in [-0.25, -0.2) is 9.18 Å². The second-order valence-electron chi connectivity index (χ2n) is 9.28. The van der Waals surface area contributed by atoms with Gasteiger partial charge in [-0.3, -0.25) is 9.59 Å². The molecule has 0 saturated carbocycles. The Morgan fingerprint density at radius 1 is 1.06 bits per heavy atom. The fourth-order valence-corrected chi connectivity index (χ4v) is 5.66. The number of hydrogen-bond acceptors (Lipinski definition) is 6. The van der Waals surface area contributed by atoms with Gasteiger partial charge in [-0.15, -0.1) is 0 Å². The van der Waals surface area contributed by atoms with Gasteiger partial charge < -0.3 is 24.7 Å². The minimum atomic E-state index is -0.888. The number of nitrogens with one attached hydrogen (secondary N) is 2. The van der Waals surface area contributed by atoms with Gasteiger partial charge in [0.2, 0.25) is 0 Å². The van der Waals surface area contributed by atoms with E-state index in [1.54, 1.807) is 23.1 Å². The molecule has 4 heterocycles. The van der Waals surface area contributed by atoms with Crippen LogP contribution in [0.1, 0.15) is 55.2 Å². The zero-order valence-corrected chi connectivity index (χ0v) is 20.0. The standard InChI is InChI=1S/C26H23ClFN3O5/c27-14-1-2-15-18(13-14)30-22(24(33)31-9-11-35-12-10-31)19(15)23(32)21-17(28)4-3-16-20(21)25(34)36-26(16)5-7-29-8-6-26/h1-4,13,29-30H,5-12H2. The van der Waals surface area contributed by atoms with Gasteiger partial charge in [0.25, 0.3) is 5.91 Å². The number of amides is 1. The van der Waals surface area contributed by atoms with Crippen molar-refractivity contribution < 1.29 is 28.2 Å². The van der Waals surface area contributed by atoms with Crippen LogP contribution in [0, 0.1) is 5.82 Å². The molecule has 2 saturated heterocycles. The molecule has 0 bridgehead atoms. The second-order valence-corrected chi connectivity index (χ2v) is 9.71. The van der Waals surface area contributed by atoms with Crippen LogP contribution in [0.4, 0.5) is 4.39 Å². The SMILES string of the molecule is O=C1OC2(CCNCC2)c2ccc(F)c(C(=O)c3c(C(=O)N4CCOCC4)[nH]c4cc(Cl)ccc34)c21. The molecule has 2 N–H and O–H groups in total. The Morgan fingerprint density at radius 2 is 1.81 bits per heavy atom. The van der Waals surface area contributed by atoms with Crippen molar-refractivity contribution in [2.75, 3.05) is 39.4 Å². The molecular weight excluding hydrogens is 489 g/mol. The third-order valence-corrected chi connectivity index (χ3v) is 7.51. The van der Waals surface area contributed by atoms with Crippen LogP contribution in [0.2, 0.25) is 5.02 Å². The van der Waals surface area contributed by atoms with Crippen molar-refractivity contribution in [3.05, 3.63) is 69.1 Å². The number of rotatable bonds is 3. The van der Waals surface area contributed by atoms with E-state index in [1.807, 2.05) is 0 Å². The van der Waals surface area contributed by atoms with Crippen LogP contribution < -0.4 is 5.32 Å². The lowest BCUT2D eigenvalue weighted by Crippen LogP contribution is -2.41. The van der Waals surface area contributed by atoms with E-state index in [9.17, 15) is 14.4 Å². The van der Waals surface area contributed by atoms with Gasteiger partial charge in [0.05, 0.1) is 29.9 Å². The van der Waals surface area contributed by atoms with Crippen molar-refractivity contribution in [3.63, 3.8) is 0 Å². The van der Waals surface area contributed by atoms with Gasteiger partial charge in [-0.05, 0) is 31.3 Å². The quantitative estimate of drug-likeness (QED) is 0.413. The summed E-state index contributed by atoms with van der Waals surface area (Å²) in [6.07, 6.45) is 1.05. The maximum absolute atomic E-state index is 15.4. The van der Waals surface area contributed by atoms with E-state index in [-0.39, 0.29) is 22.4 Å². The highest BCUT2D eigenvalue weighted by molar-refractivity contribution is 6.32. The molecule has 0 atom stereocenters. The molecule has 186 valence electrons. The summed E-state index contributed by atoms with van der Waals surface area (Å²) < 4.78 is 26.5. The molecule has 36 heavy (non-hydrogen) atoms. The number of ketones is 1. The number of ether oxygens (including phenoxy) is 2. The zero-order chi connectivity index (χ0) is 25.0. The predicted molar refractivity (Wildman–Crippen MR) is 129 cm³/mol. The van der Waals surface area contributed by atoms with Crippen LogP contribution >= 0.6 is 11.6 Å². The number of fused-ring (bicyclic) bond motifs is 3. The minimum Gasteiger partial charge on any atom is -0.450 e. The summed E-state index contributed by atoms with van der Waals surface area (Å²) in [5, 5.41) is 4.06. The molecule has 3 aliphatic rings. The third kappa shape index (κ3) is 3.53. The molecule has 1 spiro atoms. The minimum absolute atomic E-state index is 0.00418. The van der Waals surface area contributed by atoms with Gasteiger partial charge in [-0.1, -0.05) is 23.7 Å². The highest BCUT2D eigenvalue weighted by Crippen LogP contribution is 2.45. The summed E-state index contributed by atoms with van der Waals surface area (Å²) in [5.41, 5.74) is -0.311. The summed E-state index contributed by atoms with van der Waals surface area (Å²) in [7, 11) is 0. The predicted octanol–water partition coefficient (Wildman–Crippen LogP) is 3.41. The molecule has 0 aliphatic carbocycles. The van der Waals surface area contributed by atoms with Gasteiger partial charge in [0.15, 0.2) is 5.78 Å². The lowest BCUT2D eigenvalue weighted by Gasteiger charge is -2.33. The van der Waals surface area contributed by atoms with Gasteiger partial charge in [0.1, 0.15) is 17.1 Å². The molecular formula is C26H23ClFN3O5. The first-order chi connectivity index (χ1) is 17.4. The first kappa shape index (κ1) is 23.1. The summed E-state index contributed by atoms with van der Waals surface area (Å²) in [6, 6.07) is 7.56. The number of aromatic amines is 1. The van der Waals surface area contributed by atoms with Crippen molar-refractivity contribution in [1.29, 1.82) is 0 Å². The monoisotopic (exact) mass is 511 g/mol. The molecule has 3 aliphatic heterocycles. The van der Waals surface area contributed by atoms with E-state index in [4.69, 9.17) is 21.1 Å². The average molecular weight is 512 g/mol. The van der Waals surface area contributed by atoms with Gasteiger partial charge in [-0.2, -0.15) is 0 Å². The van der Waals surface area contributed by atoms with Crippen molar-refractivity contribution in [3.8, 4) is 0 Å². The molecule has 2 aromatic carbocycles. The smallest absolute Gasteiger partial charge is 0.340 e. The van der Waals surface area contributed by atoms with E-state index in [1.165, 1.54) is 12.1 Å². The molecule has 1 aromatic heterocycles. The Kier molecular flexibility index (Phi) is 5.59. The first-order valence-corrected chi connectivity index (χ1v) is 12.3. The van der Waals surface area contributed by atoms with E-state index < -0.39 is 29.1 Å². The molecule has 8 nitrogen and oxygen atoms in total. The number of carbonyl (C=O) groups excluding carboxylic acids is 3. The molecule has 2 fully saturated rings. The number of H-pyrrole nitrogens is 1. The van der Waals surface area contributed by atoms with Crippen LogP contribution in [-0.4, -0.2) is 66.9 Å². The fraction of sp³-hybridized carbons (Fsp3) is 0.346. The lowest BCUT2D eigenvalue weighted by molar-refractivity contribution is -0.0242. The summed E-state index contributed by atoms with van der Waals surface area (Å²) in [6.45, 7) is 2.75. The number of halogens is 2. The van der Waals surface area contributed by atoms with Crippen molar-refractivity contribution in [2.24, 2.45) is 0 Å². The fourth-order valence-electron chi connectivity index (χ4n) is 5.49. The van der Waals surface area contributed by atoms with Crippen molar-refractivity contribution in [2.45, 2.75) is 18.4 Å². The maximum Gasteiger partial charge on any atom is 0.340 e. The number of piperidine rings is 1. The molecule has 10 heteroatoms. The lowest BCUT2D eigenvalue weighted by atomic mass is 9.82. The molecule has 0 radical (unpaired) electrons. The number of carbonyl (C=O) groups is 3. The van der Waals surface area contributed by atoms with E-state index >= 15 is 4.39 Å². The van der Waals surface area contributed by atoms with Crippen LogP contribution in [0.25, 0.3) is 10.9 Å². The largest absolute Gasteiger partial charge is 0.450 e. The molecule has 0 unspecified atom stereocenters. The van der Waals surface area contributed by atoms with Gasteiger partial charge in [0, 0.05) is 47.4 Å². The van der Waals surface area contributed by atoms with E-state index in [0.717, 1.165) is 0 Å². The number of benzene rings is 2. The van der Waals surface area contributed by atoms with Crippen molar-refractivity contribution in [1.82, 2.24) is 15.2 Å². The normalized spacial score (nSPS) is 18.9. The number of morpholine rings is 1. The van der Waals surface area contributed by atoms with E-state index in [0.29, 0.717) is 73.7 Å².